The molecular weight excluding hydrogens is 366 g/mol. The van der Waals surface area contributed by atoms with Gasteiger partial charge in [-0.2, -0.15) is 4.37 Å². The van der Waals surface area contributed by atoms with Gasteiger partial charge in [0.15, 0.2) is 0 Å². The fourth-order valence-corrected chi connectivity index (χ4v) is 2.73. The van der Waals surface area contributed by atoms with Crippen molar-refractivity contribution in [2.45, 2.75) is 13.5 Å². The van der Waals surface area contributed by atoms with Crippen molar-refractivity contribution in [1.29, 1.82) is 0 Å². The molecule has 138 valence electrons. The maximum atomic E-state index is 13.9. The zero-order valence-electron chi connectivity index (χ0n) is 13.8. The lowest BCUT2D eigenvalue weighted by Crippen LogP contribution is -2.29. The number of rotatable bonds is 7. The topological polar surface area (TPSA) is 106 Å². The van der Waals surface area contributed by atoms with Crippen molar-refractivity contribution in [3.63, 3.8) is 0 Å². The first-order valence-corrected chi connectivity index (χ1v) is 8.13. The maximum Gasteiger partial charge on any atom is 0.320 e. The molecule has 0 fully saturated rings. The van der Waals surface area contributed by atoms with Crippen molar-refractivity contribution >= 4 is 28.5 Å². The van der Waals surface area contributed by atoms with Crippen molar-refractivity contribution in [2.24, 2.45) is 5.73 Å². The zero-order valence-corrected chi connectivity index (χ0v) is 14.6. The number of nitrogens with zero attached hydrogens (tertiary/aromatic N) is 1. The van der Waals surface area contributed by atoms with Gasteiger partial charge in [0.2, 0.25) is 5.88 Å². The number of carbonyl (C=O) groups is 2. The summed E-state index contributed by atoms with van der Waals surface area (Å²) in [6.07, 6.45) is 1.47. The predicted molar refractivity (Wildman–Crippen MR) is 93.3 cm³/mol. The molecule has 1 heterocycles. The van der Waals surface area contributed by atoms with Gasteiger partial charge in [0, 0.05) is 6.54 Å². The van der Waals surface area contributed by atoms with E-state index in [1.54, 1.807) is 6.92 Å². The average molecular weight is 382 g/mol. The Bertz CT molecular complexity index is 831. The highest BCUT2D eigenvalue weighted by Gasteiger charge is 2.22. The first-order valence-electron chi connectivity index (χ1n) is 7.36. The van der Waals surface area contributed by atoms with Gasteiger partial charge >= 0.3 is 6.03 Å². The number of aromatic nitrogens is 1. The summed E-state index contributed by atoms with van der Waals surface area (Å²) in [7, 11) is 0. The van der Waals surface area contributed by atoms with E-state index >= 15 is 0 Å². The first kappa shape index (κ1) is 19.3. The van der Waals surface area contributed by atoms with Crippen LogP contribution in [0.2, 0.25) is 0 Å². The molecule has 0 aliphatic carbocycles. The lowest BCUT2D eigenvalue weighted by atomic mass is 10.1. The average Bonchev–Trinajstić information content (AvgIpc) is 2.94. The number of hydrogen-bond acceptors (Lipinski definition) is 5. The number of carbonyl (C=O) groups excluding carboxylic acids is 2. The molecule has 0 aliphatic rings. The minimum absolute atomic E-state index is 0.0545. The fourth-order valence-electron chi connectivity index (χ4n) is 2.00. The third kappa shape index (κ3) is 4.54. The Hall–Kier alpha value is -3.01. The molecule has 0 spiro atoms. The highest BCUT2D eigenvalue weighted by molar-refractivity contribution is 7.11. The highest BCUT2D eigenvalue weighted by Crippen LogP contribution is 2.31. The maximum absolute atomic E-state index is 13.9. The Morgan fingerprint density at radius 3 is 2.62 bits per heavy atom. The van der Waals surface area contributed by atoms with E-state index in [1.165, 1.54) is 6.08 Å². The summed E-state index contributed by atoms with van der Waals surface area (Å²) in [6, 6.07) is 1.72. The molecule has 2 rings (SSSR count). The third-order valence-electron chi connectivity index (χ3n) is 3.18. The number of benzene rings is 1. The van der Waals surface area contributed by atoms with Crippen LogP contribution in [-0.2, 0) is 6.61 Å². The van der Waals surface area contributed by atoms with Gasteiger partial charge < -0.3 is 15.8 Å². The molecule has 1 aromatic carbocycles. The van der Waals surface area contributed by atoms with Crippen LogP contribution in [0.1, 0.15) is 21.5 Å². The van der Waals surface area contributed by atoms with Gasteiger partial charge in [-0.3, -0.25) is 10.1 Å². The van der Waals surface area contributed by atoms with Crippen LogP contribution in [0.3, 0.4) is 0 Å². The van der Waals surface area contributed by atoms with E-state index in [-0.39, 0.29) is 28.6 Å². The van der Waals surface area contributed by atoms with Crippen molar-refractivity contribution in [3.8, 4) is 5.88 Å². The minimum atomic E-state index is -0.905. The summed E-state index contributed by atoms with van der Waals surface area (Å²) in [5.74, 6) is -2.68. The molecule has 1 aromatic heterocycles. The number of halogens is 2. The van der Waals surface area contributed by atoms with E-state index in [0.29, 0.717) is 5.56 Å². The SMILES string of the molecule is C=CCNC(=O)Nc1snc(OCc2c(F)cc(C)cc2F)c1C(N)=O. The molecular formula is C16H16F2N4O3S. The molecule has 0 saturated carbocycles. The lowest BCUT2D eigenvalue weighted by molar-refractivity contribution is 0.0996. The first-order chi connectivity index (χ1) is 12.3. The Morgan fingerprint density at radius 1 is 1.38 bits per heavy atom. The van der Waals surface area contributed by atoms with E-state index in [2.05, 4.69) is 21.6 Å². The van der Waals surface area contributed by atoms with Crippen LogP contribution in [0, 0.1) is 18.6 Å². The fraction of sp³-hybridized carbons (Fsp3) is 0.188. The molecule has 0 unspecified atom stereocenters. The second-order valence-corrected chi connectivity index (χ2v) is 5.95. The number of ether oxygens (including phenoxy) is 1. The van der Waals surface area contributed by atoms with Crippen molar-refractivity contribution in [3.05, 3.63) is 53.1 Å². The molecule has 0 saturated heterocycles. The van der Waals surface area contributed by atoms with Crippen molar-refractivity contribution < 1.29 is 23.1 Å². The van der Waals surface area contributed by atoms with Crippen LogP contribution < -0.4 is 21.1 Å². The Morgan fingerprint density at radius 2 is 2.04 bits per heavy atom. The molecule has 26 heavy (non-hydrogen) atoms. The van der Waals surface area contributed by atoms with E-state index in [4.69, 9.17) is 10.5 Å². The van der Waals surface area contributed by atoms with Gasteiger partial charge in [-0.25, -0.2) is 13.6 Å². The predicted octanol–water partition coefficient (Wildman–Crippen LogP) is 2.72. The van der Waals surface area contributed by atoms with Crippen LogP contribution in [0.25, 0.3) is 0 Å². The summed E-state index contributed by atoms with van der Waals surface area (Å²) in [5, 5.41) is 4.91. The molecule has 3 amide bonds. The zero-order chi connectivity index (χ0) is 19.3. The second kappa shape index (κ2) is 8.39. The monoisotopic (exact) mass is 382 g/mol. The number of nitrogens with two attached hydrogens (primary N) is 1. The van der Waals surface area contributed by atoms with Crippen molar-refractivity contribution in [1.82, 2.24) is 9.69 Å². The van der Waals surface area contributed by atoms with Crippen LogP contribution >= 0.6 is 11.5 Å². The number of aryl methyl sites for hydroxylation is 1. The van der Waals surface area contributed by atoms with E-state index in [9.17, 15) is 18.4 Å². The van der Waals surface area contributed by atoms with E-state index in [0.717, 1.165) is 23.7 Å². The number of primary amides is 1. The smallest absolute Gasteiger partial charge is 0.320 e. The lowest BCUT2D eigenvalue weighted by Gasteiger charge is -2.09. The normalized spacial score (nSPS) is 10.3. The Balaban J connectivity index is 2.19. The molecule has 0 bridgehead atoms. The quantitative estimate of drug-likeness (QED) is 0.640. The van der Waals surface area contributed by atoms with Crippen LogP contribution in [0.5, 0.6) is 5.88 Å². The standard InChI is InChI=1S/C16H16F2N4O3S/c1-3-4-20-16(24)21-15-12(13(19)23)14(22-26-15)25-7-9-10(17)5-8(2)6-11(9)18/h3,5-6H,1,4,7H2,2H3,(H2,19,23)(H2,20,21,24). The molecule has 2 aromatic rings. The summed E-state index contributed by atoms with van der Waals surface area (Å²) < 4.78 is 36.9. The second-order valence-electron chi connectivity index (χ2n) is 5.18. The van der Waals surface area contributed by atoms with Gasteiger partial charge in [0.1, 0.15) is 28.8 Å². The summed E-state index contributed by atoms with van der Waals surface area (Å²) in [4.78, 5) is 23.3. The van der Waals surface area contributed by atoms with Crippen LogP contribution in [-0.4, -0.2) is 22.9 Å². The number of amides is 3. The van der Waals surface area contributed by atoms with Crippen LogP contribution in [0.15, 0.2) is 24.8 Å². The van der Waals surface area contributed by atoms with Gasteiger partial charge in [0.05, 0.1) is 5.56 Å². The Labute approximate surface area is 152 Å². The minimum Gasteiger partial charge on any atom is -0.471 e. The van der Waals surface area contributed by atoms with Gasteiger partial charge in [-0.15, -0.1) is 6.58 Å². The summed E-state index contributed by atoms with van der Waals surface area (Å²) >= 11 is 0.751. The van der Waals surface area contributed by atoms with E-state index in [1.807, 2.05) is 0 Å². The van der Waals surface area contributed by atoms with Crippen LogP contribution in [0.4, 0.5) is 18.6 Å². The highest BCUT2D eigenvalue weighted by atomic mass is 32.1. The van der Waals surface area contributed by atoms with Crippen molar-refractivity contribution in [2.75, 3.05) is 11.9 Å². The molecule has 0 radical (unpaired) electrons. The number of hydrogen-bond donors (Lipinski definition) is 3. The largest absolute Gasteiger partial charge is 0.471 e. The Kier molecular flexibility index (Phi) is 6.23. The number of anilines is 1. The summed E-state index contributed by atoms with van der Waals surface area (Å²) in [6.45, 7) is 4.73. The third-order valence-corrected chi connectivity index (χ3v) is 3.93. The molecule has 7 nitrogen and oxygen atoms in total. The van der Waals surface area contributed by atoms with Gasteiger partial charge in [0.25, 0.3) is 5.91 Å². The number of nitrogens with one attached hydrogen (secondary N) is 2. The molecule has 4 N–H and O–H groups in total. The van der Waals surface area contributed by atoms with Gasteiger partial charge in [-0.05, 0) is 36.2 Å². The molecule has 10 heteroatoms. The van der Waals surface area contributed by atoms with E-state index < -0.39 is 30.2 Å². The number of urea groups is 1. The summed E-state index contributed by atoms with van der Waals surface area (Å²) in [5.41, 5.74) is 5.23. The molecule has 0 aliphatic heterocycles. The van der Waals surface area contributed by atoms with Gasteiger partial charge in [-0.1, -0.05) is 6.08 Å². The molecule has 0 atom stereocenters.